The molecule has 0 aromatic carbocycles. The van der Waals surface area contributed by atoms with Gasteiger partial charge >= 0.3 is 11.9 Å². The third-order valence-corrected chi connectivity index (χ3v) is 2.25. The number of ether oxygens (including phenoxy) is 1. The predicted octanol–water partition coefficient (Wildman–Crippen LogP) is 2.40. The van der Waals surface area contributed by atoms with Gasteiger partial charge in [-0.1, -0.05) is 23.8 Å². The molecule has 0 saturated carbocycles. The van der Waals surface area contributed by atoms with Crippen LogP contribution >= 0.6 is 11.6 Å². The van der Waals surface area contributed by atoms with Gasteiger partial charge in [-0.3, -0.25) is 4.79 Å². The molecule has 0 saturated heterocycles. The molecule has 5 nitrogen and oxygen atoms in total. The van der Waals surface area contributed by atoms with Crippen molar-refractivity contribution in [3.05, 3.63) is 34.6 Å². The maximum absolute atomic E-state index is 11.1. The summed E-state index contributed by atoms with van der Waals surface area (Å²) >= 11 is 5.75. The summed E-state index contributed by atoms with van der Waals surface area (Å²) < 4.78 is 4.74. The van der Waals surface area contributed by atoms with E-state index in [0.29, 0.717) is 12.2 Å². The van der Waals surface area contributed by atoms with Gasteiger partial charge in [-0.05, 0) is 18.6 Å². The van der Waals surface area contributed by atoms with Gasteiger partial charge in [0.1, 0.15) is 0 Å². The molecular weight excluding hydrogens is 258 g/mol. The zero-order valence-corrected chi connectivity index (χ0v) is 10.5. The molecule has 18 heavy (non-hydrogen) atoms. The highest BCUT2D eigenvalue weighted by Crippen LogP contribution is 2.16. The highest BCUT2D eigenvalue weighted by Gasteiger charge is 2.09. The quantitative estimate of drug-likeness (QED) is 0.831. The number of hydrogen-bond donors (Lipinski definition) is 1. The first-order valence-corrected chi connectivity index (χ1v) is 5.63. The number of nitrogens with zero attached hydrogens (tertiary/aromatic N) is 1. The molecule has 0 amide bonds. The van der Waals surface area contributed by atoms with Crippen LogP contribution in [0.4, 0.5) is 0 Å². The molecule has 0 aliphatic heterocycles. The van der Waals surface area contributed by atoms with Crippen molar-refractivity contribution >= 4 is 29.6 Å². The molecule has 0 spiro atoms. The summed E-state index contributed by atoms with van der Waals surface area (Å²) in [6.45, 7) is 2.07. The van der Waals surface area contributed by atoms with E-state index in [4.69, 9.17) is 21.4 Å². The monoisotopic (exact) mass is 269 g/mol. The average Bonchev–Trinajstić information content (AvgIpc) is 2.29. The Bertz CT molecular complexity index is 485. The Labute approximate surface area is 109 Å². The minimum absolute atomic E-state index is 0.0563. The number of rotatable bonds is 5. The summed E-state index contributed by atoms with van der Waals surface area (Å²) in [5.41, 5.74) is 0.425. The fourth-order valence-corrected chi connectivity index (χ4v) is 1.47. The normalized spacial score (nSPS) is 10.6. The zero-order valence-electron chi connectivity index (χ0n) is 9.72. The first-order chi connectivity index (χ1) is 8.54. The molecule has 1 heterocycles. The van der Waals surface area contributed by atoms with E-state index in [1.165, 1.54) is 12.3 Å². The van der Waals surface area contributed by atoms with Gasteiger partial charge in [0.25, 0.3) is 0 Å². The topological polar surface area (TPSA) is 76.5 Å². The Morgan fingerprint density at radius 2 is 2.28 bits per heavy atom. The fourth-order valence-electron chi connectivity index (χ4n) is 1.21. The van der Waals surface area contributed by atoms with Crippen molar-refractivity contribution in [2.45, 2.75) is 13.3 Å². The van der Waals surface area contributed by atoms with E-state index in [0.717, 1.165) is 0 Å². The van der Waals surface area contributed by atoms with Gasteiger partial charge in [0.2, 0.25) is 0 Å². The van der Waals surface area contributed by atoms with E-state index in [2.05, 4.69) is 4.98 Å². The number of pyridine rings is 1. The minimum atomic E-state index is -1.18. The molecule has 0 aliphatic rings. The average molecular weight is 270 g/mol. The molecule has 1 rings (SSSR count). The van der Waals surface area contributed by atoms with Crippen LogP contribution in [0, 0.1) is 0 Å². The number of carbonyl (C=O) groups excluding carboxylic acids is 1. The second-order valence-corrected chi connectivity index (χ2v) is 3.72. The highest BCUT2D eigenvalue weighted by molar-refractivity contribution is 6.33. The highest BCUT2D eigenvalue weighted by atomic mass is 35.5. The summed E-state index contributed by atoms with van der Waals surface area (Å²) in [6, 6.07) is 1.47. The molecule has 0 unspecified atom stereocenters. The Kier molecular flexibility index (Phi) is 5.32. The van der Waals surface area contributed by atoms with Crippen LogP contribution in [0.15, 0.2) is 18.3 Å². The number of hydrogen-bond acceptors (Lipinski definition) is 4. The Hall–Kier alpha value is -1.88. The van der Waals surface area contributed by atoms with Crippen LogP contribution in [0.5, 0.6) is 0 Å². The van der Waals surface area contributed by atoms with Crippen molar-refractivity contribution in [3.63, 3.8) is 0 Å². The number of aromatic carboxylic acids is 1. The van der Waals surface area contributed by atoms with E-state index < -0.39 is 5.97 Å². The molecule has 1 aromatic heterocycles. The predicted molar refractivity (Wildman–Crippen MR) is 66.5 cm³/mol. The van der Waals surface area contributed by atoms with Gasteiger partial charge in [-0.2, -0.15) is 0 Å². The van der Waals surface area contributed by atoms with E-state index in [-0.39, 0.29) is 23.1 Å². The third-order valence-electron chi connectivity index (χ3n) is 1.97. The Balaban J connectivity index is 2.69. The number of carbonyl (C=O) groups is 2. The van der Waals surface area contributed by atoms with Gasteiger partial charge in [-0.25, -0.2) is 9.78 Å². The van der Waals surface area contributed by atoms with Gasteiger partial charge in [-0.15, -0.1) is 0 Å². The van der Waals surface area contributed by atoms with E-state index in [1.807, 2.05) is 0 Å². The number of carboxylic acids is 1. The summed E-state index contributed by atoms with van der Waals surface area (Å²) in [4.78, 5) is 25.4. The van der Waals surface area contributed by atoms with Crippen LogP contribution in [-0.4, -0.2) is 28.6 Å². The van der Waals surface area contributed by atoms with Gasteiger partial charge < -0.3 is 9.84 Å². The standard InChI is InChI=1S/C12H12ClNO4/c1-2-18-10(15)5-3-4-8-6-9(13)11(12(16)17)14-7-8/h3-4,6-7H,2,5H2,1H3,(H,16,17). The van der Waals surface area contributed by atoms with Crippen LogP contribution < -0.4 is 0 Å². The molecule has 6 heteroatoms. The maximum atomic E-state index is 11.1. The summed E-state index contributed by atoms with van der Waals surface area (Å²) in [6.07, 6.45) is 4.75. The van der Waals surface area contributed by atoms with Gasteiger partial charge in [0, 0.05) is 6.20 Å². The molecule has 1 N–H and O–H groups in total. The minimum Gasteiger partial charge on any atom is -0.476 e. The lowest BCUT2D eigenvalue weighted by Crippen LogP contribution is -2.02. The summed E-state index contributed by atoms with van der Waals surface area (Å²) in [5, 5.41) is 8.79. The van der Waals surface area contributed by atoms with Crippen LogP contribution in [0.3, 0.4) is 0 Å². The first-order valence-electron chi connectivity index (χ1n) is 5.25. The zero-order chi connectivity index (χ0) is 13.5. The van der Waals surface area contributed by atoms with Crippen LogP contribution in [0.1, 0.15) is 29.4 Å². The molecule has 96 valence electrons. The molecule has 0 aliphatic carbocycles. The first kappa shape index (κ1) is 14.2. The summed E-state index contributed by atoms with van der Waals surface area (Å²) in [7, 11) is 0. The number of aromatic nitrogens is 1. The molecule has 0 bridgehead atoms. The smallest absolute Gasteiger partial charge is 0.356 e. The van der Waals surface area contributed by atoms with Crippen molar-refractivity contribution < 1.29 is 19.4 Å². The largest absolute Gasteiger partial charge is 0.476 e. The van der Waals surface area contributed by atoms with Gasteiger partial charge in [0.15, 0.2) is 5.69 Å². The lowest BCUT2D eigenvalue weighted by molar-refractivity contribution is -0.142. The van der Waals surface area contributed by atoms with Crippen molar-refractivity contribution in [3.8, 4) is 0 Å². The number of esters is 1. The molecular formula is C12H12ClNO4. The van der Waals surface area contributed by atoms with Crippen LogP contribution in [0.25, 0.3) is 6.08 Å². The van der Waals surface area contributed by atoms with Crippen LogP contribution in [-0.2, 0) is 9.53 Å². The summed E-state index contributed by atoms with van der Waals surface area (Å²) in [5.74, 6) is -1.50. The van der Waals surface area contributed by atoms with E-state index in [9.17, 15) is 9.59 Å². The second-order valence-electron chi connectivity index (χ2n) is 3.32. The molecule has 1 aromatic rings. The van der Waals surface area contributed by atoms with Crippen molar-refractivity contribution in [2.75, 3.05) is 6.61 Å². The Morgan fingerprint density at radius 3 is 2.83 bits per heavy atom. The van der Waals surface area contributed by atoms with Crippen molar-refractivity contribution in [1.29, 1.82) is 0 Å². The lowest BCUT2D eigenvalue weighted by atomic mass is 10.2. The molecule has 0 radical (unpaired) electrons. The van der Waals surface area contributed by atoms with E-state index >= 15 is 0 Å². The van der Waals surface area contributed by atoms with E-state index in [1.54, 1.807) is 19.1 Å². The Morgan fingerprint density at radius 1 is 1.56 bits per heavy atom. The number of halogens is 1. The second kappa shape index (κ2) is 6.76. The molecule has 0 atom stereocenters. The SMILES string of the molecule is CCOC(=O)CC=Cc1cnc(C(=O)O)c(Cl)c1. The maximum Gasteiger partial charge on any atom is 0.356 e. The third kappa shape index (κ3) is 4.18. The lowest BCUT2D eigenvalue weighted by Gasteiger charge is -1.99. The van der Waals surface area contributed by atoms with Crippen molar-refractivity contribution in [2.24, 2.45) is 0 Å². The van der Waals surface area contributed by atoms with Crippen molar-refractivity contribution in [1.82, 2.24) is 4.98 Å². The fraction of sp³-hybridized carbons (Fsp3) is 0.250. The molecule has 0 fully saturated rings. The van der Waals surface area contributed by atoms with Crippen LogP contribution in [0.2, 0.25) is 5.02 Å². The number of carboxylic acid groups (broad SMARTS) is 1. The van der Waals surface area contributed by atoms with Gasteiger partial charge in [0.05, 0.1) is 18.1 Å².